The van der Waals surface area contributed by atoms with Gasteiger partial charge in [-0.3, -0.25) is 4.79 Å². The van der Waals surface area contributed by atoms with Gasteiger partial charge in [-0.15, -0.1) is 11.8 Å². The molecule has 0 atom stereocenters. The molecule has 0 saturated heterocycles. The molecular weight excluding hydrogens is 278 g/mol. The molecule has 0 aliphatic heterocycles. The molecule has 0 spiro atoms. The number of aromatic nitrogens is 1. The van der Waals surface area contributed by atoms with Gasteiger partial charge in [0.2, 0.25) is 5.43 Å². The highest BCUT2D eigenvalue weighted by Gasteiger charge is 2.05. The Morgan fingerprint density at radius 3 is 2.65 bits per heavy atom. The Morgan fingerprint density at radius 1 is 1.35 bits per heavy atom. The summed E-state index contributed by atoms with van der Waals surface area (Å²) >= 11 is 1.51. The molecule has 0 saturated carbocycles. The standard InChI is InChI=1S/C14H13NO4S/c1-19-14(18)9-2-4-11(5-3-9)20-8-10-6-12(16)13(17)7-15-10/h2-7,17H,8H2,1H3,(H,15,16). The van der Waals surface area contributed by atoms with Crippen LogP contribution in [0.15, 0.2) is 46.2 Å². The Bertz CT molecular complexity index is 664. The van der Waals surface area contributed by atoms with Gasteiger partial charge in [0.15, 0.2) is 5.75 Å². The Labute approximate surface area is 119 Å². The van der Waals surface area contributed by atoms with E-state index < -0.39 is 5.43 Å². The number of aromatic amines is 1. The predicted octanol–water partition coefficient (Wildman–Crippen LogP) is 2.16. The van der Waals surface area contributed by atoms with Gasteiger partial charge in [0.25, 0.3) is 0 Å². The summed E-state index contributed by atoms with van der Waals surface area (Å²) in [7, 11) is 1.34. The van der Waals surface area contributed by atoms with E-state index in [1.807, 2.05) is 12.1 Å². The number of aromatic hydroxyl groups is 1. The van der Waals surface area contributed by atoms with Crippen LogP contribution in [0.5, 0.6) is 5.75 Å². The molecule has 1 heterocycles. The lowest BCUT2D eigenvalue weighted by atomic mass is 10.2. The highest BCUT2D eigenvalue weighted by molar-refractivity contribution is 7.98. The first-order chi connectivity index (χ1) is 9.60. The molecule has 2 rings (SSSR count). The summed E-state index contributed by atoms with van der Waals surface area (Å²) in [6, 6.07) is 8.37. The van der Waals surface area contributed by atoms with E-state index in [-0.39, 0.29) is 11.7 Å². The van der Waals surface area contributed by atoms with Crippen LogP contribution in [-0.4, -0.2) is 23.2 Å². The van der Waals surface area contributed by atoms with E-state index in [9.17, 15) is 9.59 Å². The van der Waals surface area contributed by atoms with E-state index in [0.29, 0.717) is 11.3 Å². The second-order valence-electron chi connectivity index (χ2n) is 4.01. The van der Waals surface area contributed by atoms with Crippen LogP contribution in [0.3, 0.4) is 0 Å². The Hall–Kier alpha value is -2.21. The van der Waals surface area contributed by atoms with E-state index in [1.165, 1.54) is 31.1 Å². The van der Waals surface area contributed by atoms with Crippen molar-refractivity contribution in [1.82, 2.24) is 4.98 Å². The van der Waals surface area contributed by atoms with Gasteiger partial charge < -0.3 is 14.8 Å². The van der Waals surface area contributed by atoms with Gasteiger partial charge in [0, 0.05) is 28.6 Å². The third-order valence-corrected chi connectivity index (χ3v) is 3.68. The molecule has 2 aromatic rings. The van der Waals surface area contributed by atoms with E-state index >= 15 is 0 Å². The summed E-state index contributed by atoms with van der Waals surface area (Å²) in [5.74, 6) is -0.0989. The van der Waals surface area contributed by atoms with Crippen molar-refractivity contribution in [3.05, 3.63) is 58.0 Å². The van der Waals surface area contributed by atoms with E-state index in [2.05, 4.69) is 9.72 Å². The zero-order chi connectivity index (χ0) is 14.5. The van der Waals surface area contributed by atoms with Crippen molar-refractivity contribution in [2.45, 2.75) is 10.6 Å². The third-order valence-electron chi connectivity index (χ3n) is 2.62. The highest BCUT2D eigenvalue weighted by atomic mass is 32.2. The summed E-state index contributed by atoms with van der Waals surface area (Å²) in [4.78, 5) is 26.4. The van der Waals surface area contributed by atoms with Gasteiger partial charge >= 0.3 is 5.97 Å². The molecule has 0 amide bonds. The quantitative estimate of drug-likeness (QED) is 0.666. The number of hydrogen-bond donors (Lipinski definition) is 2. The molecule has 20 heavy (non-hydrogen) atoms. The number of ether oxygens (including phenoxy) is 1. The number of benzene rings is 1. The minimum absolute atomic E-state index is 0.291. The summed E-state index contributed by atoms with van der Waals surface area (Å²) in [5, 5.41) is 9.14. The fourth-order valence-corrected chi connectivity index (χ4v) is 2.37. The first-order valence-electron chi connectivity index (χ1n) is 5.82. The number of thioether (sulfide) groups is 1. The third kappa shape index (κ3) is 3.42. The number of methoxy groups -OCH3 is 1. The van der Waals surface area contributed by atoms with Crippen molar-refractivity contribution < 1.29 is 14.6 Å². The second-order valence-corrected chi connectivity index (χ2v) is 5.06. The van der Waals surface area contributed by atoms with Crippen LogP contribution in [0.25, 0.3) is 0 Å². The summed E-state index contributed by atoms with van der Waals surface area (Å²) in [6.45, 7) is 0. The second kappa shape index (κ2) is 6.29. The summed E-state index contributed by atoms with van der Waals surface area (Å²) in [6.07, 6.45) is 1.28. The van der Waals surface area contributed by atoms with Crippen molar-refractivity contribution in [2.24, 2.45) is 0 Å². The van der Waals surface area contributed by atoms with Gasteiger partial charge in [-0.2, -0.15) is 0 Å². The molecule has 0 bridgehead atoms. The van der Waals surface area contributed by atoms with Crippen LogP contribution in [0.4, 0.5) is 0 Å². The number of pyridine rings is 1. The van der Waals surface area contributed by atoms with Gasteiger partial charge in [0.1, 0.15) is 0 Å². The van der Waals surface area contributed by atoms with Crippen molar-refractivity contribution in [3.8, 4) is 5.75 Å². The van der Waals surface area contributed by atoms with Crippen molar-refractivity contribution >= 4 is 17.7 Å². The average molecular weight is 291 g/mol. The minimum atomic E-state index is -0.402. The molecule has 1 aromatic carbocycles. The van der Waals surface area contributed by atoms with Gasteiger partial charge in [0.05, 0.1) is 12.7 Å². The molecule has 0 unspecified atom stereocenters. The predicted molar refractivity (Wildman–Crippen MR) is 76.1 cm³/mol. The number of rotatable bonds is 4. The first kappa shape index (κ1) is 14.2. The number of carbonyl (C=O) groups is 1. The molecule has 5 nitrogen and oxygen atoms in total. The van der Waals surface area contributed by atoms with Crippen molar-refractivity contribution in [3.63, 3.8) is 0 Å². The minimum Gasteiger partial charge on any atom is -0.503 e. The average Bonchev–Trinajstić information content (AvgIpc) is 2.48. The molecule has 6 heteroatoms. The zero-order valence-electron chi connectivity index (χ0n) is 10.8. The fraction of sp³-hybridized carbons (Fsp3) is 0.143. The molecule has 0 fully saturated rings. The van der Waals surface area contributed by atoms with Crippen LogP contribution in [-0.2, 0) is 10.5 Å². The van der Waals surface area contributed by atoms with Gasteiger partial charge in [-0.05, 0) is 24.3 Å². The van der Waals surface area contributed by atoms with E-state index in [1.54, 1.807) is 12.1 Å². The lowest BCUT2D eigenvalue weighted by molar-refractivity contribution is 0.0600. The first-order valence-corrected chi connectivity index (χ1v) is 6.80. The molecular formula is C14H13NO4S. The number of carbonyl (C=O) groups excluding carboxylic acids is 1. The molecule has 0 aliphatic carbocycles. The molecule has 0 aliphatic rings. The summed E-state index contributed by atoms with van der Waals surface area (Å²) in [5.41, 5.74) is 0.810. The molecule has 104 valence electrons. The SMILES string of the molecule is COC(=O)c1ccc(SCc2cc(=O)c(O)c[nH]2)cc1. The Kier molecular flexibility index (Phi) is 4.47. The Balaban J connectivity index is 2.02. The number of esters is 1. The topological polar surface area (TPSA) is 79.4 Å². The normalized spacial score (nSPS) is 10.2. The maximum Gasteiger partial charge on any atom is 0.337 e. The van der Waals surface area contributed by atoms with Crippen LogP contribution < -0.4 is 5.43 Å². The molecule has 2 N–H and O–H groups in total. The van der Waals surface area contributed by atoms with Gasteiger partial charge in [-0.25, -0.2) is 4.79 Å². The lowest BCUT2D eigenvalue weighted by Gasteiger charge is -2.04. The van der Waals surface area contributed by atoms with Crippen LogP contribution in [0.2, 0.25) is 0 Å². The van der Waals surface area contributed by atoms with Crippen LogP contribution in [0.1, 0.15) is 16.1 Å². The number of hydrogen-bond acceptors (Lipinski definition) is 5. The highest BCUT2D eigenvalue weighted by Crippen LogP contribution is 2.22. The maximum atomic E-state index is 11.3. The lowest BCUT2D eigenvalue weighted by Crippen LogP contribution is -2.02. The van der Waals surface area contributed by atoms with Crippen molar-refractivity contribution in [1.29, 1.82) is 0 Å². The van der Waals surface area contributed by atoms with Crippen LogP contribution >= 0.6 is 11.8 Å². The van der Waals surface area contributed by atoms with E-state index in [4.69, 9.17) is 5.11 Å². The maximum absolute atomic E-state index is 11.3. The number of H-pyrrole nitrogens is 1. The van der Waals surface area contributed by atoms with Crippen LogP contribution in [0, 0.1) is 0 Å². The summed E-state index contributed by atoms with van der Waals surface area (Å²) < 4.78 is 4.62. The monoisotopic (exact) mass is 291 g/mol. The van der Waals surface area contributed by atoms with E-state index in [0.717, 1.165) is 10.6 Å². The van der Waals surface area contributed by atoms with Crippen molar-refractivity contribution in [2.75, 3.05) is 7.11 Å². The smallest absolute Gasteiger partial charge is 0.337 e. The zero-order valence-corrected chi connectivity index (χ0v) is 11.6. The largest absolute Gasteiger partial charge is 0.503 e. The van der Waals surface area contributed by atoms with Gasteiger partial charge in [-0.1, -0.05) is 0 Å². The molecule has 0 radical (unpaired) electrons. The molecule has 1 aromatic heterocycles. The number of nitrogens with one attached hydrogen (secondary N) is 1. The Morgan fingerprint density at radius 2 is 2.05 bits per heavy atom. The fourth-order valence-electron chi connectivity index (χ4n) is 1.56.